The number of carbonyl (C=O) groups excluding carboxylic acids is 2. The topological polar surface area (TPSA) is 40.6 Å². The molecule has 4 nitrogen and oxygen atoms in total. The van der Waals surface area contributed by atoms with E-state index in [4.69, 9.17) is 0 Å². The number of nitrogens with zero attached hydrogens (tertiary/aromatic N) is 2. The Balaban J connectivity index is 1.53. The van der Waals surface area contributed by atoms with Crippen LogP contribution >= 0.6 is 0 Å². The first kappa shape index (κ1) is 17.8. The quantitative estimate of drug-likeness (QED) is 0.827. The Kier molecular flexibility index (Phi) is 4.73. The number of benzene rings is 2. The van der Waals surface area contributed by atoms with Crippen molar-refractivity contribution in [1.29, 1.82) is 0 Å². The summed E-state index contributed by atoms with van der Waals surface area (Å²) in [5, 5.41) is 0. The molecule has 0 aliphatic carbocycles. The fourth-order valence-corrected chi connectivity index (χ4v) is 4.42. The smallest absolute Gasteiger partial charge is 0.228 e. The highest BCUT2D eigenvalue weighted by atomic mass is 16.2. The van der Waals surface area contributed by atoms with Crippen LogP contribution in [0.3, 0.4) is 0 Å². The second-order valence-electron chi connectivity index (χ2n) is 7.72. The SMILES string of the molecule is Cc1cccc(N2C[C@@H](C(=O)N3CCC[C@H]3c3ccccc3)CC2=O)c1C. The van der Waals surface area contributed by atoms with E-state index in [0.29, 0.717) is 13.0 Å². The van der Waals surface area contributed by atoms with Gasteiger partial charge in [0.25, 0.3) is 0 Å². The van der Waals surface area contributed by atoms with Crippen molar-refractivity contribution in [2.45, 2.75) is 39.2 Å². The normalized spacial score (nSPS) is 22.5. The van der Waals surface area contributed by atoms with Crippen LogP contribution in [0.25, 0.3) is 0 Å². The third-order valence-corrected chi connectivity index (χ3v) is 6.06. The van der Waals surface area contributed by atoms with Crippen molar-refractivity contribution in [2.24, 2.45) is 5.92 Å². The van der Waals surface area contributed by atoms with Crippen LogP contribution in [0, 0.1) is 19.8 Å². The van der Waals surface area contributed by atoms with Gasteiger partial charge < -0.3 is 9.80 Å². The van der Waals surface area contributed by atoms with E-state index in [-0.39, 0.29) is 23.8 Å². The van der Waals surface area contributed by atoms with Crippen molar-refractivity contribution in [3.63, 3.8) is 0 Å². The second kappa shape index (κ2) is 7.18. The number of aryl methyl sites for hydroxylation is 1. The zero-order valence-electron chi connectivity index (χ0n) is 16.0. The first-order valence-corrected chi connectivity index (χ1v) is 9.78. The van der Waals surface area contributed by atoms with Crippen molar-refractivity contribution in [2.75, 3.05) is 18.0 Å². The predicted octanol–water partition coefficient (Wildman–Crippen LogP) is 4.02. The summed E-state index contributed by atoms with van der Waals surface area (Å²) in [6, 6.07) is 16.4. The minimum atomic E-state index is -0.248. The fraction of sp³-hybridized carbons (Fsp3) is 0.391. The van der Waals surface area contributed by atoms with Crippen LogP contribution in [-0.2, 0) is 9.59 Å². The summed E-state index contributed by atoms with van der Waals surface area (Å²) < 4.78 is 0. The van der Waals surface area contributed by atoms with Crippen molar-refractivity contribution in [3.8, 4) is 0 Å². The van der Waals surface area contributed by atoms with Crippen molar-refractivity contribution in [1.82, 2.24) is 4.90 Å². The summed E-state index contributed by atoms with van der Waals surface area (Å²) in [6.07, 6.45) is 2.33. The lowest BCUT2D eigenvalue weighted by molar-refractivity contribution is -0.136. The number of anilines is 1. The third kappa shape index (κ3) is 3.25. The minimum absolute atomic E-state index is 0.0532. The molecular formula is C23H26N2O2. The molecule has 2 aromatic rings. The standard InChI is InChI=1S/C23H26N2O2/c1-16-8-6-11-20(17(16)2)25-15-19(14-22(25)26)23(27)24-13-7-12-21(24)18-9-4-3-5-10-18/h3-6,8-11,19,21H,7,12-15H2,1-2H3/t19-,21-/m0/s1. The first-order valence-electron chi connectivity index (χ1n) is 9.78. The highest BCUT2D eigenvalue weighted by Gasteiger charge is 2.40. The Morgan fingerprint density at radius 2 is 1.81 bits per heavy atom. The van der Waals surface area contributed by atoms with Crippen LogP contribution in [0.15, 0.2) is 48.5 Å². The van der Waals surface area contributed by atoms with Crippen LogP contribution in [0.1, 0.15) is 42.0 Å². The molecule has 2 aromatic carbocycles. The van der Waals surface area contributed by atoms with E-state index in [0.717, 1.165) is 30.6 Å². The van der Waals surface area contributed by atoms with Gasteiger partial charge in [-0.1, -0.05) is 42.5 Å². The molecule has 0 N–H and O–H groups in total. The minimum Gasteiger partial charge on any atom is -0.335 e. The highest BCUT2D eigenvalue weighted by Crippen LogP contribution is 2.36. The number of amides is 2. The Bertz CT molecular complexity index is 862. The lowest BCUT2D eigenvalue weighted by Crippen LogP contribution is -2.37. The van der Waals surface area contributed by atoms with Gasteiger partial charge in [-0.3, -0.25) is 9.59 Å². The van der Waals surface area contributed by atoms with Gasteiger partial charge in [0.05, 0.1) is 12.0 Å². The molecule has 27 heavy (non-hydrogen) atoms. The monoisotopic (exact) mass is 362 g/mol. The zero-order chi connectivity index (χ0) is 19.0. The van der Waals surface area contributed by atoms with Crippen LogP contribution in [0.5, 0.6) is 0 Å². The molecule has 2 saturated heterocycles. The maximum Gasteiger partial charge on any atom is 0.228 e. The largest absolute Gasteiger partial charge is 0.335 e. The molecule has 0 spiro atoms. The lowest BCUT2D eigenvalue weighted by atomic mass is 10.0. The Labute approximate surface area is 160 Å². The summed E-state index contributed by atoms with van der Waals surface area (Å²) in [5.41, 5.74) is 4.41. The van der Waals surface area contributed by atoms with Gasteiger partial charge in [-0.05, 0) is 49.4 Å². The molecule has 4 rings (SSSR count). The van der Waals surface area contributed by atoms with E-state index < -0.39 is 0 Å². The molecule has 0 unspecified atom stereocenters. The van der Waals surface area contributed by atoms with E-state index in [1.165, 1.54) is 11.1 Å². The molecular weight excluding hydrogens is 336 g/mol. The maximum absolute atomic E-state index is 13.3. The van der Waals surface area contributed by atoms with E-state index >= 15 is 0 Å². The van der Waals surface area contributed by atoms with E-state index in [9.17, 15) is 9.59 Å². The van der Waals surface area contributed by atoms with Gasteiger partial charge in [0.1, 0.15) is 0 Å². The van der Waals surface area contributed by atoms with E-state index in [1.54, 1.807) is 4.90 Å². The molecule has 140 valence electrons. The molecule has 0 bridgehead atoms. The number of rotatable bonds is 3. The first-order chi connectivity index (χ1) is 13.1. The zero-order valence-corrected chi connectivity index (χ0v) is 16.0. The van der Waals surface area contributed by atoms with Gasteiger partial charge in [-0.25, -0.2) is 0 Å². The average molecular weight is 362 g/mol. The van der Waals surface area contributed by atoms with Crippen molar-refractivity contribution in [3.05, 3.63) is 65.2 Å². The summed E-state index contributed by atoms with van der Waals surface area (Å²) in [5.74, 6) is -0.0678. The summed E-state index contributed by atoms with van der Waals surface area (Å²) >= 11 is 0. The molecule has 0 aromatic heterocycles. The van der Waals surface area contributed by atoms with Crippen molar-refractivity contribution < 1.29 is 9.59 Å². The predicted molar refractivity (Wildman–Crippen MR) is 107 cm³/mol. The molecule has 2 fully saturated rings. The van der Waals surface area contributed by atoms with E-state index in [1.807, 2.05) is 42.2 Å². The van der Waals surface area contributed by atoms with Gasteiger partial charge >= 0.3 is 0 Å². The van der Waals surface area contributed by atoms with Crippen LogP contribution in [-0.4, -0.2) is 29.8 Å². The molecule has 4 heteroatoms. The third-order valence-electron chi connectivity index (χ3n) is 6.06. The van der Waals surface area contributed by atoms with Gasteiger partial charge in [0.2, 0.25) is 11.8 Å². The number of likely N-dealkylation sites (tertiary alicyclic amines) is 1. The molecule has 2 aliphatic heterocycles. The van der Waals surface area contributed by atoms with Gasteiger partial charge in [0, 0.05) is 25.2 Å². The van der Waals surface area contributed by atoms with Gasteiger partial charge in [-0.2, -0.15) is 0 Å². The molecule has 2 atom stereocenters. The van der Waals surface area contributed by atoms with Crippen LogP contribution < -0.4 is 4.90 Å². The highest BCUT2D eigenvalue weighted by molar-refractivity contribution is 6.01. The molecule has 2 aliphatic rings. The number of hydrogen-bond acceptors (Lipinski definition) is 2. The van der Waals surface area contributed by atoms with E-state index in [2.05, 4.69) is 25.1 Å². The summed E-state index contributed by atoms with van der Waals surface area (Å²) in [6.45, 7) is 5.36. The number of carbonyl (C=O) groups is 2. The Hall–Kier alpha value is -2.62. The lowest BCUT2D eigenvalue weighted by Gasteiger charge is -2.28. The molecule has 0 saturated carbocycles. The van der Waals surface area contributed by atoms with Crippen molar-refractivity contribution >= 4 is 17.5 Å². The average Bonchev–Trinajstić information content (AvgIpc) is 3.31. The molecule has 2 amide bonds. The Morgan fingerprint density at radius 1 is 1.04 bits per heavy atom. The summed E-state index contributed by atoms with van der Waals surface area (Å²) in [7, 11) is 0. The maximum atomic E-state index is 13.3. The van der Waals surface area contributed by atoms with Crippen LogP contribution in [0.2, 0.25) is 0 Å². The van der Waals surface area contributed by atoms with Crippen LogP contribution in [0.4, 0.5) is 5.69 Å². The molecule has 0 radical (unpaired) electrons. The molecule has 2 heterocycles. The van der Waals surface area contributed by atoms with Gasteiger partial charge in [-0.15, -0.1) is 0 Å². The van der Waals surface area contributed by atoms with Gasteiger partial charge in [0.15, 0.2) is 0 Å². The summed E-state index contributed by atoms with van der Waals surface area (Å²) in [4.78, 5) is 29.7. The number of hydrogen-bond donors (Lipinski definition) is 0. The fourth-order valence-electron chi connectivity index (χ4n) is 4.42. The second-order valence-corrected chi connectivity index (χ2v) is 7.72. The Morgan fingerprint density at radius 3 is 2.59 bits per heavy atom.